The monoisotopic (exact) mass is 395 g/mol. The first-order valence-electron chi connectivity index (χ1n) is 9.21. The lowest BCUT2D eigenvalue weighted by molar-refractivity contribution is -0.124. The predicted molar refractivity (Wildman–Crippen MR) is 106 cm³/mol. The topological polar surface area (TPSA) is 73.2 Å². The fraction of sp³-hybridized carbons (Fsp3) is 0.227. The number of aryl methyl sites for hydroxylation is 1. The molecule has 150 valence electrons. The Morgan fingerprint density at radius 3 is 2.48 bits per heavy atom. The molecular weight excluding hydrogens is 373 g/mol. The SMILES string of the molecule is Cc1nn(Cc2ccccc2)c(C)c1C(=O)OCC(=O)NCc1ccccc1F. The van der Waals surface area contributed by atoms with Crippen molar-refractivity contribution in [2.24, 2.45) is 0 Å². The molecule has 6 nitrogen and oxygen atoms in total. The summed E-state index contributed by atoms with van der Waals surface area (Å²) < 4.78 is 20.4. The number of rotatable bonds is 7. The Morgan fingerprint density at radius 2 is 1.76 bits per heavy atom. The maximum Gasteiger partial charge on any atom is 0.342 e. The normalized spacial score (nSPS) is 10.6. The number of ether oxygens (including phenoxy) is 1. The fourth-order valence-corrected chi connectivity index (χ4v) is 2.99. The van der Waals surface area contributed by atoms with Crippen molar-refractivity contribution < 1.29 is 18.7 Å². The van der Waals surface area contributed by atoms with Crippen LogP contribution in [0.25, 0.3) is 0 Å². The Bertz CT molecular complexity index is 1020. The van der Waals surface area contributed by atoms with E-state index in [0.29, 0.717) is 29.1 Å². The molecule has 7 heteroatoms. The fourth-order valence-electron chi connectivity index (χ4n) is 2.99. The Kier molecular flexibility index (Phi) is 6.39. The van der Waals surface area contributed by atoms with E-state index in [1.54, 1.807) is 36.7 Å². The van der Waals surface area contributed by atoms with Crippen LogP contribution in [-0.2, 0) is 22.6 Å². The molecule has 0 radical (unpaired) electrons. The number of nitrogens with zero attached hydrogens (tertiary/aromatic N) is 2. The van der Waals surface area contributed by atoms with E-state index in [1.807, 2.05) is 30.3 Å². The number of halogens is 1. The smallest absolute Gasteiger partial charge is 0.342 e. The molecule has 0 aliphatic rings. The number of nitrogens with one attached hydrogen (secondary N) is 1. The van der Waals surface area contributed by atoms with Crippen molar-refractivity contribution in [2.75, 3.05) is 6.61 Å². The van der Waals surface area contributed by atoms with E-state index in [1.165, 1.54) is 6.07 Å². The summed E-state index contributed by atoms with van der Waals surface area (Å²) in [5, 5.41) is 6.95. The van der Waals surface area contributed by atoms with Gasteiger partial charge in [0, 0.05) is 12.1 Å². The third kappa shape index (κ3) is 5.07. The Labute approximate surface area is 168 Å². The van der Waals surface area contributed by atoms with Crippen molar-refractivity contribution in [3.8, 4) is 0 Å². The lowest BCUT2D eigenvalue weighted by Gasteiger charge is -2.08. The van der Waals surface area contributed by atoms with Crippen molar-refractivity contribution in [2.45, 2.75) is 26.9 Å². The second-order valence-electron chi connectivity index (χ2n) is 6.63. The molecular formula is C22H22FN3O3. The summed E-state index contributed by atoms with van der Waals surface area (Å²) in [5.41, 5.74) is 2.98. The zero-order chi connectivity index (χ0) is 20.8. The average Bonchev–Trinajstić information content (AvgIpc) is 2.99. The number of esters is 1. The van der Waals surface area contributed by atoms with Gasteiger partial charge in [-0.2, -0.15) is 5.10 Å². The molecule has 0 unspecified atom stereocenters. The molecule has 0 atom stereocenters. The van der Waals surface area contributed by atoms with Gasteiger partial charge in [-0.3, -0.25) is 9.48 Å². The number of amides is 1. The highest BCUT2D eigenvalue weighted by Gasteiger charge is 2.21. The summed E-state index contributed by atoms with van der Waals surface area (Å²) in [6.45, 7) is 3.62. The molecule has 29 heavy (non-hydrogen) atoms. The third-order valence-electron chi connectivity index (χ3n) is 4.53. The Morgan fingerprint density at radius 1 is 1.07 bits per heavy atom. The van der Waals surface area contributed by atoms with E-state index < -0.39 is 24.3 Å². The predicted octanol–water partition coefficient (Wildman–Crippen LogP) is 3.16. The summed E-state index contributed by atoms with van der Waals surface area (Å²) in [5.74, 6) is -1.52. The van der Waals surface area contributed by atoms with Crippen LogP contribution in [0.4, 0.5) is 4.39 Å². The van der Waals surface area contributed by atoms with E-state index in [2.05, 4.69) is 10.4 Å². The van der Waals surface area contributed by atoms with E-state index in [0.717, 1.165) is 5.56 Å². The largest absolute Gasteiger partial charge is 0.452 e. The molecule has 3 aromatic rings. The molecule has 1 amide bonds. The minimum Gasteiger partial charge on any atom is -0.452 e. The maximum atomic E-state index is 13.6. The van der Waals surface area contributed by atoms with Crippen LogP contribution in [0.3, 0.4) is 0 Å². The van der Waals surface area contributed by atoms with Gasteiger partial charge in [0.15, 0.2) is 6.61 Å². The molecule has 2 aromatic carbocycles. The van der Waals surface area contributed by atoms with Crippen LogP contribution < -0.4 is 5.32 Å². The number of benzene rings is 2. The van der Waals surface area contributed by atoms with Crippen LogP contribution in [0.5, 0.6) is 0 Å². The van der Waals surface area contributed by atoms with Crippen LogP contribution in [0.2, 0.25) is 0 Å². The van der Waals surface area contributed by atoms with Gasteiger partial charge in [0.05, 0.1) is 17.9 Å². The molecule has 0 spiro atoms. The summed E-state index contributed by atoms with van der Waals surface area (Å²) in [6, 6.07) is 15.9. The number of hydrogen-bond acceptors (Lipinski definition) is 4. The molecule has 0 aliphatic heterocycles. The van der Waals surface area contributed by atoms with Crippen LogP contribution in [0.15, 0.2) is 54.6 Å². The van der Waals surface area contributed by atoms with Crippen LogP contribution in [0.1, 0.15) is 32.9 Å². The molecule has 0 bridgehead atoms. The van der Waals surface area contributed by atoms with Gasteiger partial charge in [0.1, 0.15) is 11.4 Å². The molecule has 1 N–H and O–H groups in total. The maximum absolute atomic E-state index is 13.6. The van der Waals surface area contributed by atoms with Crippen molar-refractivity contribution >= 4 is 11.9 Å². The molecule has 0 saturated carbocycles. The first-order chi connectivity index (χ1) is 14.0. The van der Waals surface area contributed by atoms with Gasteiger partial charge in [-0.05, 0) is 25.5 Å². The molecule has 0 fully saturated rings. The van der Waals surface area contributed by atoms with Crippen molar-refractivity contribution in [3.63, 3.8) is 0 Å². The van der Waals surface area contributed by atoms with Gasteiger partial charge < -0.3 is 10.1 Å². The van der Waals surface area contributed by atoms with Crippen LogP contribution in [0, 0.1) is 19.7 Å². The van der Waals surface area contributed by atoms with Crippen LogP contribution >= 0.6 is 0 Å². The number of carbonyl (C=O) groups excluding carboxylic acids is 2. The van der Waals surface area contributed by atoms with Gasteiger partial charge in [-0.25, -0.2) is 9.18 Å². The summed E-state index contributed by atoms with van der Waals surface area (Å²) >= 11 is 0. The highest BCUT2D eigenvalue weighted by atomic mass is 19.1. The number of carbonyl (C=O) groups is 2. The standard InChI is InChI=1S/C22H22FN3O3/c1-15-21(16(2)26(25-15)13-17-8-4-3-5-9-17)22(28)29-14-20(27)24-12-18-10-6-7-11-19(18)23/h3-11H,12-14H2,1-2H3,(H,24,27). The minimum absolute atomic E-state index is 0.0239. The van der Waals surface area contributed by atoms with E-state index in [4.69, 9.17) is 4.74 Å². The number of aromatic nitrogens is 2. The second-order valence-corrected chi connectivity index (χ2v) is 6.63. The quantitative estimate of drug-likeness (QED) is 0.624. The second kappa shape index (κ2) is 9.14. The average molecular weight is 395 g/mol. The van der Waals surface area contributed by atoms with Crippen molar-refractivity contribution in [3.05, 3.63) is 88.5 Å². The Balaban J connectivity index is 1.58. The third-order valence-corrected chi connectivity index (χ3v) is 4.53. The van der Waals surface area contributed by atoms with Crippen molar-refractivity contribution in [1.29, 1.82) is 0 Å². The van der Waals surface area contributed by atoms with Crippen molar-refractivity contribution in [1.82, 2.24) is 15.1 Å². The summed E-state index contributed by atoms with van der Waals surface area (Å²) in [7, 11) is 0. The van der Waals surface area contributed by atoms with E-state index in [9.17, 15) is 14.0 Å². The number of hydrogen-bond donors (Lipinski definition) is 1. The van der Waals surface area contributed by atoms with E-state index in [-0.39, 0.29) is 6.54 Å². The molecule has 3 rings (SSSR count). The first kappa shape index (κ1) is 20.3. The molecule has 0 aliphatic carbocycles. The lowest BCUT2D eigenvalue weighted by atomic mass is 10.2. The highest BCUT2D eigenvalue weighted by Crippen LogP contribution is 2.16. The summed E-state index contributed by atoms with van der Waals surface area (Å²) in [6.07, 6.45) is 0. The lowest BCUT2D eigenvalue weighted by Crippen LogP contribution is -2.28. The van der Waals surface area contributed by atoms with Gasteiger partial charge >= 0.3 is 5.97 Å². The van der Waals surface area contributed by atoms with Gasteiger partial charge in [-0.1, -0.05) is 48.5 Å². The van der Waals surface area contributed by atoms with Gasteiger partial charge in [0.25, 0.3) is 5.91 Å². The molecule has 1 aromatic heterocycles. The minimum atomic E-state index is -0.611. The summed E-state index contributed by atoms with van der Waals surface area (Å²) in [4.78, 5) is 24.4. The van der Waals surface area contributed by atoms with Crippen LogP contribution in [-0.4, -0.2) is 28.3 Å². The zero-order valence-corrected chi connectivity index (χ0v) is 16.3. The zero-order valence-electron chi connectivity index (χ0n) is 16.3. The van der Waals surface area contributed by atoms with Gasteiger partial charge in [0.2, 0.25) is 0 Å². The van der Waals surface area contributed by atoms with E-state index >= 15 is 0 Å². The first-order valence-corrected chi connectivity index (χ1v) is 9.21. The highest BCUT2D eigenvalue weighted by molar-refractivity contribution is 5.93. The Hall–Kier alpha value is -3.48. The molecule has 0 saturated heterocycles. The van der Waals surface area contributed by atoms with Gasteiger partial charge in [-0.15, -0.1) is 0 Å². The molecule has 1 heterocycles.